The first-order valence-corrected chi connectivity index (χ1v) is 10.6. The Bertz CT molecular complexity index is 306. The van der Waals surface area contributed by atoms with Gasteiger partial charge in [-0.1, -0.05) is 0 Å². The molecule has 0 rings (SSSR count). The molecule has 31 heavy (non-hydrogen) atoms. The van der Waals surface area contributed by atoms with Gasteiger partial charge in [-0.05, 0) is 33.0 Å². The van der Waals surface area contributed by atoms with Gasteiger partial charge in [-0.2, -0.15) is 0 Å². The van der Waals surface area contributed by atoms with Crippen molar-refractivity contribution in [3.05, 3.63) is 0 Å². The molecule has 9 N–H and O–H groups in total. The zero-order chi connectivity index (χ0) is 23.7. The van der Waals surface area contributed by atoms with E-state index in [9.17, 15) is 4.79 Å². The molecule has 0 unspecified atom stereocenters. The Morgan fingerprint density at radius 3 is 1.58 bits per heavy atom. The Labute approximate surface area is 187 Å². The van der Waals surface area contributed by atoms with Crippen molar-refractivity contribution in [2.24, 2.45) is 17.2 Å². The van der Waals surface area contributed by atoms with Gasteiger partial charge in [0.1, 0.15) is 0 Å². The lowest BCUT2D eigenvalue weighted by molar-refractivity contribution is -0.110. The highest BCUT2D eigenvalue weighted by atomic mass is 16.5. The summed E-state index contributed by atoms with van der Waals surface area (Å²) in [7, 11) is 1.98. The van der Waals surface area contributed by atoms with Crippen molar-refractivity contribution in [1.29, 1.82) is 0 Å². The van der Waals surface area contributed by atoms with Crippen LogP contribution in [0.1, 0.15) is 12.8 Å². The lowest BCUT2D eigenvalue weighted by atomic mass is 10.3. The molecule has 0 aliphatic heterocycles. The van der Waals surface area contributed by atoms with E-state index in [4.69, 9.17) is 35.2 Å². The van der Waals surface area contributed by atoms with Crippen molar-refractivity contribution < 1.29 is 28.5 Å². The monoisotopic (exact) mass is 454 g/mol. The predicted molar refractivity (Wildman–Crippen MR) is 122 cm³/mol. The lowest BCUT2D eigenvalue weighted by Gasteiger charge is -2.06. The second-order valence-electron chi connectivity index (χ2n) is 5.80. The van der Waals surface area contributed by atoms with Gasteiger partial charge in [0.2, 0.25) is 12.8 Å². The molecule has 0 atom stereocenters. The van der Waals surface area contributed by atoms with Gasteiger partial charge in [-0.25, -0.2) is 0 Å². The average Bonchev–Trinajstić information content (AvgIpc) is 2.77. The maximum atomic E-state index is 9.77. The molecular weight excluding hydrogens is 408 g/mol. The van der Waals surface area contributed by atoms with Crippen LogP contribution in [-0.4, -0.2) is 112 Å². The molecule has 0 radical (unpaired) electrons. The summed E-state index contributed by atoms with van der Waals surface area (Å²) >= 11 is 0. The van der Waals surface area contributed by atoms with Gasteiger partial charge in [0.05, 0.1) is 52.9 Å². The molecule has 2 amide bonds. The largest absolute Gasteiger partial charge is 0.378 e. The van der Waals surface area contributed by atoms with Crippen LogP contribution < -0.4 is 33.2 Å². The van der Waals surface area contributed by atoms with E-state index in [1.165, 1.54) is 12.8 Å². The molecule has 0 aromatic rings. The Morgan fingerprint density at radius 1 is 0.677 bits per heavy atom. The lowest BCUT2D eigenvalue weighted by Crippen LogP contribution is -2.22. The van der Waals surface area contributed by atoms with Gasteiger partial charge >= 0.3 is 0 Å². The molecule has 188 valence electrons. The third kappa shape index (κ3) is 47.7. The van der Waals surface area contributed by atoms with Gasteiger partial charge in [0.25, 0.3) is 0 Å². The molecule has 0 fully saturated rings. The van der Waals surface area contributed by atoms with E-state index in [1.807, 2.05) is 7.05 Å². The highest BCUT2D eigenvalue weighted by Gasteiger charge is 1.91. The normalized spacial score (nSPS) is 9.77. The average molecular weight is 455 g/mol. The molecule has 0 bridgehead atoms. The van der Waals surface area contributed by atoms with Crippen LogP contribution in [0.25, 0.3) is 0 Å². The summed E-state index contributed by atoms with van der Waals surface area (Å²) in [5.41, 5.74) is 14.6. The minimum atomic E-state index is 0.250. The minimum absolute atomic E-state index is 0.250. The summed E-state index contributed by atoms with van der Waals surface area (Å²) in [4.78, 5) is 18.4. The van der Waals surface area contributed by atoms with Crippen LogP contribution in [0.15, 0.2) is 0 Å². The maximum Gasteiger partial charge on any atom is 0.207 e. The van der Waals surface area contributed by atoms with Gasteiger partial charge in [0.15, 0.2) is 0 Å². The molecule has 0 heterocycles. The fraction of sp³-hybridized carbons (Fsp3) is 0.895. The number of hydrogen-bond acceptors (Lipinski definition) is 10. The molecule has 0 saturated carbocycles. The third-order valence-corrected chi connectivity index (χ3v) is 3.20. The first-order valence-electron chi connectivity index (χ1n) is 10.6. The van der Waals surface area contributed by atoms with Crippen LogP contribution >= 0.6 is 0 Å². The molecule has 12 heteroatoms. The summed E-state index contributed by atoms with van der Waals surface area (Å²) in [6.45, 7) is 9.56. The predicted octanol–water partition coefficient (Wildman–Crippen LogP) is -2.61. The standard InChI is InChI=1S/C11H27N3O2.C7H16N2O3.CH3NO/c1-13-5-2-3-6-14-7-9-16-11-10-15-8-4-12;8-1-3-11-5-6-12-4-2-9-7-10;2-1-3/h13-14H,2-12H2,1H3;7H,1-6,8H2,(H,9,10);1H,(H2,2,3). The van der Waals surface area contributed by atoms with Crippen molar-refractivity contribution in [3.8, 4) is 0 Å². The van der Waals surface area contributed by atoms with E-state index in [-0.39, 0.29) is 6.41 Å². The Balaban J connectivity index is -0.000000462. The molecule has 0 aliphatic rings. The van der Waals surface area contributed by atoms with E-state index >= 15 is 0 Å². The van der Waals surface area contributed by atoms with Crippen molar-refractivity contribution >= 4 is 12.8 Å². The second kappa shape index (κ2) is 39.1. The SMILES string of the molecule is CNCCCCNCCOCCOCCN.NC=O.NCCOCCOCCNC=O. The molecule has 0 saturated heterocycles. The van der Waals surface area contributed by atoms with Crippen LogP contribution in [0, 0.1) is 0 Å². The third-order valence-electron chi connectivity index (χ3n) is 3.20. The van der Waals surface area contributed by atoms with Gasteiger partial charge in [-0.15, -0.1) is 0 Å². The van der Waals surface area contributed by atoms with E-state index in [0.717, 1.165) is 26.2 Å². The molecule has 12 nitrogen and oxygen atoms in total. The Kier molecular flexibility index (Phi) is 43.2. The zero-order valence-electron chi connectivity index (χ0n) is 19.1. The zero-order valence-corrected chi connectivity index (χ0v) is 19.1. The Morgan fingerprint density at radius 2 is 1.13 bits per heavy atom. The van der Waals surface area contributed by atoms with E-state index in [0.29, 0.717) is 72.3 Å². The number of amides is 2. The number of ether oxygens (including phenoxy) is 4. The quantitative estimate of drug-likeness (QED) is 0.0748. The number of carbonyl (C=O) groups excluding carboxylic acids is 2. The van der Waals surface area contributed by atoms with Crippen LogP contribution in [0.2, 0.25) is 0 Å². The molecule has 0 aromatic heterocycles. The molecule has 0 aromatic carbocycles. The van der Waals surface area contributed by atoms with Crippen molar-refractivity contribution in [2.45, 2.75) is 12.8 Å². The number of primary amides is 1. The summed E-state index contributed by atoms with van der Waals surface area (Å²) < 4.78 is 20.7. The fourth-order valence-electron chi connectivity index (χ4n) is 1.82. The summed E-state index contributed by atoms with van der Waals surface area (Å²) in [5.74, 6) is 0. The smallest absolute Gasteiger partial charge is 0.207 e. The van der Waals surface area contributed by atoms with Gasteiger partial charge in [-0.3, -0.25) is 9.59 Å². The topological polar surface area (TPSA) is 185 Å². The van der Waals surface area contributed by atoms with Crippen LogP contribution in [0.5, 0.6) is 0 Å². The molecular formula is C19H46N6O6. The first kappa shape index (κ1) is 34.2. The summed E-state index contributed by atoms with van der Waals surface area (Å²) in [5, 5.41) is 8.94. The minimum Gasteiger partial charge on any atom is -0.378 e. The maximum absolute atomic E-state index is 9.77. The second-order valence-corrected chi connectivity index (χ2v) is 5.80. The fourth-order valence-corrected chi connectivity index (χ4v) is 1.82. The summed E-state index contributed by atoms with van der Waals surface area (Å²) in [6.07, 6.45) is 3.33. The van der Waals surface area contributed by atoms with Crippen LogP contribution in [0.4, 0.5) is 0 Å². The van der Waals surface area contributed by atoms with Crippen molar-refractivity contribution in [3.63, 3.8) is 0 Å². The first-order chi connectivity index (χ1) is 15.2. The van der Waals surface area contributed by atoms with E-state index in [2.05, 4.69) is 21.7 Å². The highest BCUT2D eigenvalue weighted by molar-refractivity contribution is 5.45. The van der Waals surface area contributed by atoms with Gasteiger partial charge < -0.3 is 52.1 Å². The number of unbranched alkanes of at least 4 members (excludes halogenated alkanes) is 1. The highest BCUT2D eigenvalue weighted by Crippen LogP contribution is 1.83. The number of nitrogens with one attached hydrogen (secondary N) is 3. The Hall–Kier alpha value is -1.38. The van der Waals surface area contributed by atoms with Crippen LogP contribution in [-0.2, 0) is 28.5 Å². The number of nitrogens with two attached hydrogens (primary N) is 3. The summed E-state index contributed by atoms with van der Waals surface area (Å²) in [6, 6.07) is 0. The number of carbonyl (C=O) groups is 2. The number of hydrogen-bond donors (Lipinski definition) is 6. The molecule has 0 aliphatic carbocycles. The van der Waals surface area contributed by atoms with Gasteiger partial charge in [0, 0.05) is 26.2 Å². The number of rotatable bonds is 22. The molecule has 0 spiro atoms. The van der Waals surface area contributed by atoms with Crippen molar-refractivity contribution in [2.75, 3.05) is 99.2 Å². The van der Waals surface area contributed by atoms with E-state index < -0.39 is 0 Å². The van der Waals surface area contributed by atoms with Crippen molar-refractivity contribution in [1.82, 2.24) is 16.0 Å². The van der Waals surface area contributed by atoms with E-state index in [1.54, 1.807) is 0 Å². The van der Waals surface area contributed by atoms with Crippen LogP contribution in [0.3, 0.4) is 0 Å².